The average Bonchev–Trinajstić information content (AvgIpc) is 2.56. The summed E-state index contributed by atoms with van der Waals surface area (Å²) < 4.78 is 35.7. The second kappa shape index (κ2) is 8.10. The van der Waals surface area contributed by atoms with Crippen molar-refractivity contribution in [2.75, 3.05) is 7.11 Å². The van der Waals surface area contributed by atoms with Gasteiger partial charge in [-0.15, -0.1) is 0 Å². The van der Waals surface area contributed by atoms with E-state index < -0.39 is 39.4 Å². The second-order valence-electron chi connectivity index (χ2n) is 8.58. The molecule has 1 aliphatic heterocycles. The minimum Gasteiger partial charge on any atom is -0.467 e. The minimum atomic E-state index is -3.87. The van der Waals surface area contributed by atoms with Crippen LogP contribution in [0.5, 0.6) is 0 Å². The summed E-state index contributed by atoms with van der Waals surface area (Å²) in [5.41, 5.74) is -0.138. The third kappa shape index (κ3) is 5.11. The third-order valence-corrected chi connectivity index (χ3v) is 6.30. The van der Waals surface area contributed by atoms with Crippen molar-refractivity contribution in [2.45, 2.75) is 82.6 Å². The minimum absolute atomic E-state index is 0.145. The number of hydrogen-bond acceptors (Lipinski definition) is 7. The van der Waals surface area contributed by atoms with Crippen LogP contribution in [0.3, 0.4) is 0 Å². The molecule has 1 unspecified atom stereocenters. The molecule has 7 nitrogen and oxygen atoms in total. The van der Waals surface area contributed by atoms with Gasteiger partial charge in [0.25, 0.3) is 10.1 Å². The van der Waals surface area contributed by atoms with Crippen LogP contribution in [0, 0.1) is 6.92 Å². The lowest BCUT2D eigenvalue weighted by Gasteiger charge is -2.53. The van der Waals surface area contributed by atoms with Gasteiger partial charge < -0.3 is 4.74 Å². The van der Waals surface area contributed by atoms with Gasteiger partial charge in [0, 0.05) is 11.1 Å². The molecule has 0 saturated carbocycles. The molecule has 2 rings (SSSR count). The maximum absolute atomic E-state index is 12.7. The SMILES string of the molecule is COC(=O)C(C)ON1C(C)(C)CC(OS(=O)(=O)c2ccc(C)cc2)CC1(C)C. The Balaban J connectivity index is 2.19. The van der Waals surface area contributed by atoms with Gasteiger partial charge >= 0.3 is 5.97 Å². The van der Waals surface area contributed by atoms with Crippen LogP contribution in [-0.2, 0) is 28.7 Å². The Morgan fingerprint density at radius 1 is 1.11 bits per heavy atom. The van der Waals surface area contributed by atoms with E-state index in [4.69, 9.17) is 13.8 Å². The highest BCUT2D eigenvalue weighted by atomic mass is 32.2. The summed E-state index contributed by atoms with van der Waals surface area (Å²) in [7, 11) is -2.55. The lowest BCUT2D eigenvalue weighted by atomic mass is 9.80. The predicted octanol–water partition coefficient (Wildman–Crippen LogP) is 3.22. The fourth-order valence-corrected chi connectivity index (χ4v) is 4.91. The van der Waals surface area contributed by atoms with Crippen LogP contribution >= 0.6 is 0 Å². The number of nitrogens with zero attached hydrogens (tertiary/aromatic N) is 1. The van der Waals surface area contributed by atoms with Crippen LogP contribution in [0.2, 0.25) is 0 Å². The summed E-state index contributed by atoms with van der Waals surface area (Å²) in [5, 5.41) is 1.76. The van der Waals surface area contributed by atoms with Gasteiger partial charge in [0.2, 0.25) is 0 Å². The molecule has 0 radical (unpaired) electrons. The van der Waals surface area contributed by atoms with E-state index in [1.807, 2.05) is 34.6 Å². The molecule has 0 aliphatic carbocycles. The van der Waals surface area contributed by atoms with E-state index in [9.17, 15) is 13.2 Å². The van der Waals surface area contributed by atoms with Gasteiger partial charge in [0.15, 0.2) is 6.10 Å². The second-order valence-corrected chi connectivity index (χ2v) is 10.2. The van der Waals surface area contributed by atoms with Crippen molar-refractivity contribution in [3.05, 3.63) is 29.8 Å². The monoisotopic (exact) mass is 413 g/mol. The number of hydrogen-bond donors (Lipinski definition) is 0. The zero-order valence-electron chi connectivity index (χ0n) is 17.7. The average molecular weight is 414 g/mol. The Morgan fingerprint density at radius 3 is 2.07 bits per heavy atom. The van der Waals surface area contributed by atoms with Crippen molar-refractivity contribution < 1.29 is 27.0 Å². The first kappa shape index (κ1) is 22.8. The Bertz CT molecular complexity index is 782. The van der Waals surface area contributed by atoms with E-state index in [1.54, 1.807) is 36.3 Å². The van der Waals surface area contributed by atoms with E-state index in [0.717, 1.165) is 5.56 Å². The van der Waals surface area contributed by atoms with E-state index >= 15 is 0 Å². The largest absolute Gasteiger partial charge is 0.467 e. The summed E-state index contributed by atoms with van der Waals surface area (Å²) in [6.45, 7) is 11.3. The maximum Gasteiger partial charge on any atom is 0.336 e. The molecule has 1 heterocycles. The Hall–Kier alpha value is -1.48. The van der Waals surface area contributed by atoms with E-state index in [-0.39, 0.29) is 4.90 Å². The van der Waals surface area contributed by atoms with E-state index in [2.05, 4.69) is 0 Å². The van der Waals surface area contributed by atoms with E-state index in [0.29, 0.717) is 12.8 Å². The number of esters is 1. The number of methoxy groups -OCH3 is 1. The molecule has 1 aromatic rings. The molecular weight excluding hydrogens is 382 g/mol. The molecule has 8 heteroatoms. The summed E-state index contributed by atoms with van der Waals surface area (Å²) in [6, 6.07) is 6.60. The van der Waals surface area contributed by atoms with Crippen LogP contribution in [0.4, 0.5) is 0 Å². The van der Waals surface area contributed by atoms with Crippen LogP contribution in [0.15, 0.2) is 29.2 Å². The summed E-state index contributed by atoms with van der Waals surface area (Å²) in [4.78, 5) is 17.8. The number of carbonyl (C=O) groups excluding carboxylic acids is 1. The molecule has 1 saturated heterocycles. The van der Waals surface area contributed by atoms with Crippen LogP contribution < -0.4 is 0 Å². The van der Waals surface area contributed by atoms with Gasteiger partial charge in [0.05, 0.1) is 18.1 Å². The molecule has 0 N–H and O–H groups in total. The Kier molecular flexibility index (Phi) is 6.60. The van der Waals surface area contributed by atoms with Gasteiger partial charge in [-0.3, -0.25) is 9.02 Å². The lowest BCUT2D eigenvalue weighted by molar-refractivity contribution is -0.307. The molecule has 158 valence electrons. The topological polar surface area (TPSA) is 82.1 Å². The maximum atomic E-state index is 12.7. The third-order valence-electron chi connectivity index (χ3n) is 4.92. The van der Waals surface area contributed by atoms with Crippen LogP contribution in [0.1, 0.15) is 53.0 Å². The molecule has 0 aromatic heterocycles. The zero-order valence-corrected chi connectivity index (χ0v) is 18.5. The normalized spacial score (nSPS) is 21.2. The molecule has 28 heavy (non-hydrogen) atoms. The van der Waals surface area contributed by atoms with Gasteiger partial charge in [-0.1, -0.05) is 17.7 Å². The van der Waals surface area contributed by atoms with Crippen molar-refractivity contribution in [1.29, 1.82) is 0 Å². The number of benzene rings is 1. The van der Waals surface area contributed by atoms with Gasteiger partial charge in [-0.25, -0.2) is 4.79 Å². The number of piperidine rings is 1. The summed E-state index contributed by atoms with van der Waals surface area (Å²) in [5.74, 6) is -0.466. The number of hydroxylamine groups is 2. The summed E-state index contributed by atoms with van der Waals surface area (Å²) in [6.07, 6.45) is -0.424. The van der Waals surface area contributed by atoms with Crippen molar-refractivity contribution in [3.63, 3.8) is 0 Å². The van der Waals surface area contributed by atoms with Gasteiger partial charge in [-0.05, 0) is 66.5 Å². The van der Waals surface area contributed by atoms with Crippen molar-refractivity contribution >= 4 is 16.1 Å². The van der Waals surface area contributed by atoms with E-state index in [1.165, 1.54) is 7.11 Å². The highest BCUT2D eigenvalue weighted by Gasteiger charge is 2.49. The summed E-state index contributed by atoms with van der Waals surface area (Å²) >= 11 is 0. The highest BCUT2D eigenvalue weighted by Crippen LogP contribution is 2.41. The molecule has 1 aliphatic rings. The Morgan fingerprint density at radius 2 is 1.61 bits per heavy atom. The number of carbonyl (C=O) groups is 1. The lowest BCUT2D eigenvalue weighted by Crippen LogP contribution is -2.63. The smallest absolute Gasteiger partial charge is 0.336 e. The first-order chi connectivity index (χ1) is 12.8. The number of rotatable bonds is 6. The predicted molar refractivity (Wildman–Crippen MR) is 105 cm³/mol. The molecule has 1 atom stereocenters. The quantitative estimate of drug-likeness (QED) is 0.523. The molecule has 1 fully saturated rings. The van der Waals surface area contributed by atoms with Gasteiger partial charge in [-0.2, -0.15) is 13.5 Å². The standard InChI is InChI=1S/C20H31NO6S/c1-14-8-10-17(11-9-14)28(23,24)27-16-12-19(3,4)21(20(5,6)13-16)26-15(2)18(22)25-7/h8-11,15-16H,12-13H2,1-7H3. The molecule has 0 amide bonds. The molecule has 0 spiro atoms. The fourth-order valence-electron chi connectivity index (χ4n) is 3.83. The number of aryl methyl sites for hydroxylation is 1. The van der Waals surface area contributed by atoms with Crippen molar-refractivity contribution in [3.8, 4) is 0 Å². The molecular formula is C20H31NO6S. The molecule has 1 aromatic carbocycles. The van der Waals surface area contributed by atoms with Crippen LogP contribution in [0.25, 0.3) is 0 Å². The first-order valence-electron chi connectivity index (χ1n) is 9.33. The highest BCUT2D eigenvalue weighted by molar-refractivity contribution is 7.86. The molecule has 0 bridgehead atoms. The van der Waals surface area contributed by atoms with Crippen molar-refractivity contribution in [1.82, 2.24) is 5.06 Å². The van der Waals surface area contributed by atoms with Crippen LogP contribution in [-0.4, -0.2) is 49.8 Å². The van der Waals surface area contributed by atoms with Crippen molar-refractivity contribution in [2.24, 2.45) is 0 Å². The fraction of sp³-hybridized carbons (Fsp3) is 0.650. The zero-order chi connectivity index (χ0) is 21.3. The number of ether oxygens (including phenoxy) is 1. The first-order valence-corrected chi connectivity index (χ1v) is 10.7. The van der Waals surface area contributed by atoms with Gasteiger partial charge in [0.1, 0.15) is 0 Å². The Labute approximate surface area is 168 Å².